The fraction of sp³-hybridized carbons (Fsp3) is 0.125. The molecule has 116 valence electrons. The second kappa shape index (κ2) is 5.53. The van der Waals surface area contributed by atoms with Gasteiger partial charge in [-0.15, -0.1) is 0 Å². The molecule has 0 radical (unpaired) electrons. The molecule has 0 N–H and O–H groups in total. The number of nitro groups is 1. The molecule has 2 aromatic carbocycles. The standard InChI is InChI=1S/C16H12N2O5/c1-2-23-14-9-10(7-8-13(14)18(21)22)17-15(19)11-5-3-4-6-12(11)16(17)20/h3-9H,2H2,1H3. The number of nitrogens with zero attached hydrogens (tertiary/aromatic N) is 2. The number of carbonyl (C=O) groups is 2. The van der Waals surface area contributed by atoms with Gasteiger partial charge in [-0.3, -0.25) is 19.7 Å². The van der Waals surface area contributed by atoms with E-state index in [9.17, 15) is 19.7 Å². The number of amides is 2. The monoisotopic (exact) mass is 312 g/mol. The Kier molecular flexibility index (Phi) is 3.53. The Bertz CT molecular complexity index is 796. The third-order valence-corrected chi connectivity index (χ3v) is 3.49. The summed E-state index contributed by atoms with van der Waals surface area (Å²) in [6.07, 6.45) is 0. The number of hydrogen-bond donors (Lipinski definition) is 0. The van der Waals surface area contributed by atoms with Crippen LogP contribution in [0, 0.1) is 10.1 Å². The fourth-order valence-electron chi connectivity index (χ4n) is 2.49. The number of carbonyl (C=O) groups excluding carboxylic acids is 2. The van der Waals surface area contributed by atoms with E-state index in [2.05, 4.69) is 0 Å². The van der Waals surface area contributed by atoms with Crippen LogP contribution in [0.3, 0.4) is 0 Å². The Morgan fingerprint density at radius 2 is 1.70 bits per heavy atom. The van der Waals surface area contributed by atoms with Crippen molar-refractivity contribution in [3.8, 4) is 5.75 Å². The molecule has 0 fully saturated rings. The van der Waals surface area contributed by atoms with Gasteiger partial charge in [0, 0.05) is 12.1 Å². The van der Waals surface area contributed by atoms with Gasteiger partial charge in [-0.05, 0) is 25.1 Å². The smallest absolute Gasteiger partial charge is 0.311 e. The zero-order valence-corrected chi connectivity index (χ0v) is 12.2. The maximum Gasteiger partial charge on any atom is 0.311 e. The lowest BCUT2D eigenvalue weighted by Crippen LogP contribution is -2.29. The molecule has 0 aromatic heterocycles. The molecule has 0 saturated heterocycles. The maximum atomic E-state index is 12.4. The van der Waals surface area contributed by atoms with E-state index < -0.39 is 16.7 Å². The first kappa shape index (κ1) is 14.7. The summed E-state index contributed by atoms with van der Waals surface area (Å²) in [5.74, 6) is -0.893. The lowest BCUT2D eigenvalue weighted by atomic mass is 10.1. The van der Waals surface area contributed by atoms with E-state index in [1.54, 1.807) is 31.2 Å². The highest BCUT2D eigenvalue weighted by atomic mass is 16.6. The number of hydrogen-bond acceptors (Lipinski definition) is 5. The summed E-state index contributed by atoms with van der Waals surface area (Å²) >= 11 is 0. The van der Waals surface area contributed by atoms with Crippen molar-refractivity contribution in [1.82, 2.24) is 0 Å². The first-order chi connectivity index (χ1) is 11.0. The lowest BCUT2D eigenvalue weighted by Gasteiger charge is -2.15. The van der Waals surface area contributed by atoms with Gasteiger partial charge in [-0.1, -0.05) is 12.1 Å². The maximum absolute atomic E-state index is 12.4. The third kappa shape index (κ3) is 2.32. The molecule has 3 rings (SSSR count). The summed E-state index contributed by atoms with van der Waals surface area (Å²) in [6, 6.07) is 10.4. The van der Waals surface area contributed by atoms with Crippen LogP contribution in [0.5, 0.6) is 5.75 Å². The molecule has 2 amide bonds. The fourth-order valence-corrected chi connectivity index (χ4v) is 2.49. The van der Waals surface area contributed by atoms with E-state index in [1.807, 2.05) is 0 Å². The van der Waals surface area contributed by atoms with Crippen LogP contribution in [-0.4, -0.2) is 23.3 Å². The number of fused-ring (bicyclic) bond motifs is 1. The van der Waals surface area contributed by atoms with Crippen molar-refractivity contribution < 1.29 is 19.2 Å². The molecule has 1 aliphatic rings. The summed E-state index contributed by atoms with van der Waals surface area (Å²) in [7, 11) is 0. The average molecular weight is 312 g/mol. The highest BCUT2D eigenvalue weighted by molar-refractivity contribution is 6.34. The zero-order valence-electron chi connectivity index (χ0n) is 12.2. The van der Waals surface area contributed by atoms with Gasteiger partial charge in [0.25, 0.3) is 11.8 Å². The van der Waals surface area contributed by atoms with Crippen LogP contribution in [0.4, 0.5) is 11.4 Å². The van der Waals surface area contributed by atoms with Crippen molar-refractivity contribution in [3.05, 3.63) is 63.7 Å². The Labute approximate surface area is 131 Å². The van der Waals surface area contributed by atoms with Crippen molar-refractivity contribution >= 4 is 23.2 Å². The summed E-state index contributed by atoms with van der Waals surface area (Å²) in [4.78, 5) is 36.3. The number of imide groups is 1. The highest BCUT2D eigenvalue weighted by Gasteiger charge is 2.37. The summed E-state index contributed by atoms with van der Waals surface area (Å²) in [6.45, 7) is 1.92. The molecule has 7 heteroatoms. The van der Waals surface area contributed by atoms with Crippen LogP contribution in [0.25, 0.3) is 0 Å². The Hall–Kier alpha value is -3.22. The molecule has 23 heavy (non-hydrogen) atoms. The first-order valence-corrected chi connectivity index (χ1v) is 6.93. The molecule has 0 unspecified atom stereocenters. The minimum atomic E-state index is -0.572. The molecule has 0 aliphatic carbocycles. The number of benzene rings is 2. The Morgan fingerprint density at radius 3 is 2.22 bits per heavy atom. The minimum absolute atomic E-state index is 0.0200. The van der Waals surface area contributed by atoms with E-state index >= 15 is 0 Å². The Morgan fingerprint density at radius 1 is 1.09 bits per heavy atom. The topological polar surface area (TPSA) is 89.8 Å². The van der Waals surface area contributed by atoms with E-state index in [-0.39, 0.29) is 23.7 Å². The van der Waals surface area contributed by atoms with E-state index in [1.165, 1.54) is 18.2 Å². The van der Waals surface area contributed by atoms with Crippen molar-refractivity contribution in [1.29, 1.82) is 0 Å². The third-order valence-electron chi connectivity index (χ3n) is 3.49. The second-order valence-corrected chi connectivity index (χ2v) is 4.83. The van der Waals surface area contributed by atoms with Gasteiger partial charge in [-0.25, -0.2) is 4.90 Å². The second-order valence-electron chi connectivity index (χ2n) is 4.83. The van der Waals surface area contributed by atoms with Gasteiger partial charge in [0.05, 0.1) is 28.3 Å². The van der Waals surface area contributed by atoms with Crippen LogP contribution in [0.1, 0.15) is 27.6 Å². The lowest BCUT2D eigenvalue weighted by molar-refractivity contribution is -0.385. The quantitative estimate of drug-likeness (QED) is 0.492. The number of rotatable bonds is 4. The van der Waals surface area contributed by atoms with Crippen LogP contribution < -0.4 is 9.64 Å². The molecule has 0 spiro atoms. The van der Waals surface area contributed by atoms with E-state index in [4.69, 9.17) is 4.74 Å². The normalized spacial score (nSPS) is 13.2. The minimum Gasteiger partial charge on any atom is -0.487 e. The molecule has 0 atom stereocenters. The van der Waals surface area contributed by atoms with E-state index in [0.29, 0.717) is 11.1 Å². The summed E-state index contributed by atoms with van der Waals surface area (Å²) in [5.41, 5.74) is 0.653. The van der Waals surface area contributed by atoms with Crippen LogP contribution >= 0.6 is 0 Å². The average Bonchev–Trinajstić information content (AvgIpc) is 2.79. The molecule has 0 saturated carbocycles. The first-order valence-electron chi connectivity index (χ1n) is 6.93. The molecule has 1 aliphatic heterocycles. The van der Waals surface area contributed by atoms with Crippen molar-refractivity contribution in [2.75, 3.05) is 11.5 Å². The van der Waals surface area contributed by atoms with Gasteiger partial charge in [0.2, 0.25) is 0 Å². The van der Waals surface area contributed by atoms with Crippen LogP contribution in [0.2, 0.25) is 0 Å². The van der Waals surface area contributed by atoms with Gasteiger partial charge >= 0.3 is 5.69 Å². The summed E-state index contributed by atoms with van der Waals surface area (Å²) < 4.78 is 5.26. The highest BCUT2D eigenvalue weighted by Crippen LogP contribution is 2.35. The Balaban J connectivity index is 2.07. The van der Waals surface area contributed by atoms with Crippen LogP contribution in [-0.2, 0) is 0 Å². The molecule has 7 nitrogen and oxygen atoms in total. The van der Waals surface area contributed by atoms with Gasteiger partial charge < -0.3 is 4.74 Å². The SMILES string of the molecule is CCOc1cc(N2C(=O)c3ccccc3C2=O)ccc1[N+](=O)[O-]. The number of nitro benzene ring substituents is 1. The van der Waals surface area contributed by atoms with Gasteiger partial charge in [0.15, 0.2) is 5.75 Å². The molecule has 1 heterocycles. The van der Waals surface area contributed by atoms with Gasteiger partial charge in [-0.2, -0.15) is 0 Å². The largest absolute Gasteiger partial charge is 0.487 e. The molecular weight excluding hydrogens is 300 g/mol. The zero-order chi connectivity index (χ0) is 16.6. The van der Waals surface area contributed by atoms with E-state index in [0.717, 1.165) is 4.90 Å². The van der Waals surface area contributed by atoms with Gasteiger partial charge in [0.1, 0.15) is 0 Å². The van der Waals surface area contributed by atoms with Crippen molar-refractivity contribution in [2.45, 2.75) is 6.92 Å². The van der Waals surface area contributed by atoms with Crippen LogP contribution in [0.15, 0.2) is 42.5 Å². The molecule has 0 bridgehead atoms. The molecular formula is C16H12N2O5. The summed E-state index contributed by atoms with van der Waals surface area (Å²) in [5, 5.41) is 11.0. The van der Waals surface area contributed by atoms with Crippen molar-refractivity contribution in [3.63, 3.8) is 0 Å². The predicted molar refractivity (Wildman–Crippen MR) is 81.8 cm³/mol. The number of ether oxygens (including phenoxy) is 1. The van der Waals surface area contributed by atoms with Crippen molar-refractivity contribution in [2.24, 2.45) is 0 Å². The molecule has 2 aromatic rings. The predicted octanol–water partition coefficient (Wildman–Crippen LogP) is 2.79. The number of anilines is 1.